The van der Waals surface area contributed by atoms with Gasteiger partial charge in [0.15, 0.2) is 0 Å². The van der Waals surface area contributed by atoms with Crippen molar-refractivity contribution in [1.29, 1.82) is 0 Å². The van der Waals surface area contributed by atoms with Gasteiger partial charge < -0.3 is 34.8 Å². The summed E-state index contributed by atoms with van der Waals surface area (Å²) in [6, 6.07) is 5.71. The van der Waals surface area contributed by atoms with Crippen molar-refractivity contribution in [1.82, 2.24) is 5.32 Å². The smallest absolute Gasteiger partial charge is 0.223 e. The van der Waals surface area contributed by atoms with Gasteiger partial charge in [0.25, 0.3) is 0 Å². The molecule has 1 aliphatic rings. The van der Waals surface area contributed by atoms with Crippen LogP contribution in [0.4, 0.5) is 0 Å². The number of nitrogens with one attached hydrogen (secondary N) is 1. The van der Waals surface area contributed by atoms with E-state index in [0.29, 0.717) is 11.5 Å². The van der Waals surface area contributed by atoms with Crippen molar-refractivity contribution in [2.75, 3.05) is 13.7 Å². The molecule has 1 saturated heterocycles. The van der Waals surface area contributed by atoms with E-state index in [1.54, 1.807) is 24.3 Å². The Bertz CT molecular complexity index is 538. The SMILES string of the molecule is COc1cccc(O[C@H]2O[C@@H](CO)[C@H](O)[C@@H](O)[C@@H]2NC(C)=O)c1. The average Bonchev–Trinajstić information content (AvgIpc) is 2.54. The van der Waals surface area contributed by atoms with Crippen LogP contribution in [-0.2, 0) is 9.53 Å². The summed E-state index contributed by atoms with van der Waals surface area (Å²) < 4.78 is 16.2. The molecule has 1 aromatic rings. The van der Waals surface area contributed by atoms with Gasteiger partial charge in [-0.2, -0.15) is 0 Å². The van der Waals surface area contributed by atoms with Crippen LogP contribution < -0.4 is 14.8 Å². The van der Waals surface area contributed by atoms with Crippen molar-refractivity contribution in [3.05, 3.63) is 24.3 Å². The average molecular weight is 327 g/mol. The van der Waals surface area contributed by atoms with Crippen molar-refractivity contribution in [3.8, 4) is 11.5 Å². The first-order valence-corrected chi connectivity index (χ1v) is 7.16. The summed E-state index contributed by atoms with van der Waals surface area (Å²) in [6.07, 6.45) is -4.80. The van der Waals surface area contributed by atoms with E-state index in [0.717, 1.165) is 0 Å². The highest BCUT2D eigenvalue weighted by Crippen LogP contribution is 2.26. The van der Waals surface area contributed by atoms with Crippen molar-refractivity contribution in [2.24, 2.45) is 0 Å². The molecule has 8 heteroatoms. The Balaban J connectivity index is 2.21. The number of aliphatic hydroxyl groups excluding tert-OH is 3. The Morgan fingerprint density at radius 2 is 2.00 bits per heavy atom. The molecule has 0 spiro atoms. The molecular weight excluding hydrogens is 306 g/mol. The first-order chi connectivity index (χ1) is 11.0. The molecule has 8 nitrogen and oxygen atoms in total. The third-order valence-electron chi connectivity index (χ3n) is 3.54. The predicted molar refractivity (Wildman–Crippen MR) is 79.0 cm³/mol. The molecule has 0 bridgehead atoms. The summed E-state index contributed by atoms with van der Waals surface area (Å²) in [5.41, 5.74) is 0. The second-order valence-electron chi connectivity index (χ2n) is 5.23. The van der Waals surface area contributed by atoms with Gasteiger partial charge >= 0.3 is 0 Å². The fourth-order valence-corrected chi connectivity index (χ4v) is 2.38. The van der Waals surface area contributed by atoms with Crippen molar-refractivity contribution in [3.63, 3.8) is 0 Å². The summed E-state index contributed by atoms with van der Waals surface area (Å²) in [4.78, 5) is 11.3. The maximum absolute atomic E-state index is 11.3. The van der Waals surface area contributed by atoms with Crippen LogP contribution in [0.3, 0.4) is 0 Å². The number of hydrogen-bond acceptors (Lipinski definition) is 7. The highest BCUT2D eigenvalue weighted by atomic mass is 16.7. The molecule has 1 aromatic carbocycles. The normalized spacial score (nSPS) is 30.6. The van der Waals surface area contributed by atoms with E-state index in [4.69, 9.17) is 14.2 Å². The minimum atomic E-state index is -1.35. The third kappa shape index (κ3) is 4.11. The number of benzene rings is 1. The lowest BCUT2D eigenvalue weighted by Crippen LogP contribution is -2.65. The van der Waals surface area contributed by atoms with E-state index in [2.05, 4.69) is 5.32 Å². The Morgan fingerprint density at radius 1 is 1.30 bits per heavy atom. The molecule has 1 aliphatic heterocycles. The number of hydrogen-bond donors (Lipinski definition) is 4. The van der Waals surface area contributed by atoms with Gasteiger partial charge in [0.1, 0.15) is 35.9 Å². The minimum absolute atomic E-state index is 0.394. The maximum atomic E-state index is 11.3. The van der Waals surface area contributed by atoms with Crippen molar-refractivity contribution >= 4 is 5.91 Å². The number of aliphatic hydroxyl groups is 3. The van der Waals surface area contributed by atoms with Crippen LogP contribution in [0.5, 0.6) is 11.5 Å². The zero-order chi connectivity index (χ0) is 17.0. The van der Waals surface area contributed by atoms with Gasteiger partial charge in [0, 0.05) is 13.0 Å². The van der Waals surface area contributed by atoms with Gasteiger partial charge in [0.2, 0.25) is 12.2 Å². The van der Waals surface area contributed by atoms with Crippen molar-refractivity contribution < 1.29 is 34.3 Å². The first kappa shape index (κ1) is 17.5. The molecule has 2 rings (SSSR count). The van der Waals surface area contributed by atoms with E-state index >= 15 is 0 Å². The molecule has 1 amide bonds. The molecule has 0 radical (unpaired) electrons. The molecule has 23 heavy (non-hydrogen) atoms. The minimum Gasteiger partial charge on any atom is -0.497 e. The van der Waals surface area contributed by atoms with E-state index < -0.39 is 43.2 Å². The Hall–Kier alpha value is -1.87. The lowest BCUT2D eigenvalue weighted by atomic mass is 9.97. The summed E-state index contributed by atoms with van der Waals surface area (Å²) in [7, 11) is 1.51. The van der Waals surface area contributed by atoms with Gasteiger partial charge in [-0.3, -0.25) is 4.79 Å². The lowest BCUT2D eigenvalue weighted by molar-refractivity contribution is -0.244. The molecule has 4 N–H and O–H groups in total. The fraction of sp³-hybridized carbons (Fsp3) is 0.533. The Labute approximate surface area is 133 Å². The largest absolute Gasteiger partial charge is 0.497 e. The summed E-state index contributed by atoms with van der Waals surface area (Å²) in [5.74, 6) is 0.546. The van der Waals surface area contributed by atoms with Gasteiger partial charge in [0.05, 0.1) is 13.7 Å². The molecule has 5 atom stereocenters. The highest BCUT2D eigenvalue weighted by molar-refractivity contribution is 5.73. The van der Waals surface area contributed by atoms with Gasteiger partial charge in [-0.05, 0) is 12.1 Å². The summed E-state index contributed by atoms with van der Waals surface area (Å²) in [6.45, 7) is 0.781. The standard InChI is InChI=1S/C15H21NO7/c1-8(18)16-12-14(20)13(19)11(7-17)23-15(12)22-10-5-3-4-9(6-10)21-2/h3-6,11-15,17,19-20H,7H2,1-2H3,(H,16,18)/t11-,12-,13-,14-,15-/m0/s1. The van der Waals surface area contributed by atoms with Crippen molar-refractivity contribution in [2.45, 2.75) is 37.6 Å². The van der Waals surface area contributed by atoms with Gasteiger partial charge in [-0.15, -0.1) is 0 Å². The number of methoxy groups -OCH3 is 1. The van der Waals surface area contributed by atoms with E-state index in [1.165, 1.54) is 14.0 Å². The molecule has 128 valence electrons. The van der Waals surface area contributed by atoms with Crippen LogP contribution in [0.25, 0.3) is 0 Å². The van der Waals surface area contributed by atoms with E-state index in [-0.39, 0.29) is 0 Å². The molecular formula is C15H21NO7. The van der Waals surface area contributed by atoms with E-state index in [9.17, 15) is 20.1 Å². The van der Waals surface area contributed by atoms with Gasteiger partial charge in [-0.25, -0.2) is 0 Å². The zero-order valence-electron chi connectivity index (χ0n) is 12.9. The fourth-order valence-electron chi connectivity index (χ4n) is 2.38. The van der Waals surface area contributed by atoms with Gasteiger partial charge in [-0.1, -0.05) is 6.07 Å². The number of amides is 1. The van der Waals surface area contributed by atoms with Crippen LogP contribution in [0.2, 0.25) is 0 Å². The van der Waals surface area contributed by atoms with Crippen LogP contribution in [0.1, 0.15) is 6.92 Å². The molecule has 0 saturated carbocycles. The maximum Gasteiger partial charge on any atom is 0.223 e. The topological polar surface area (TPSA) is 117 Å². The molecule has 0 aliphatic carbocycles. The van der Waals surface area contributed by atoms with Crippen LogP contribution >= 0.6 is 0 Å². The second kappa shape index (κ2) is 7.60. The molecule has 1 heterocycles. The first-order valence-electron chi connectivity index (χ1n) is 7.16. The monoisotopic (exact) mass is 327 g/mol. The number of rotatable bonds is 5. The predicted octanol–water partition coefficient (Wildman–Crippen LogP) is -0.982. The lowest BCUT2D eigenvalue weighted by Gasteiger charge is -2.42. The molecule has 0 aromatic heterocycles. The summed E-state index contributed by atoms with van der Waals surface area (Å²) >= 11 is 0. The Kier molecular flexibility index (Phi) is 5.78. The van der Waals surface area contributed by atoms with E-state index in [1.807, 2.05) is 0 Å². The van der Waals surface area contributed by atoms with Crippen LogP contribution in [-0.4, -0.2) is 65.6 Å². The van der Waals surface area contributed by atoms with Crippen LogP contribution in [0, 0.1) is 0 Å². The summed E-state index contributed by atoms with van der Waals surface area (Å²) in [5, 5.41) is 31.8. The molecule has 0 unspecified atom stereocenters. The highest BCUT2D eigenvalue weighted by Gasteiger charge is 2.46. The third-order valence-corrected chi connectivity index (χ3v) is 3.54. The Morgan fingerprint density at radius 3 is 2.61 bits per heavy atom. The molecule has 1 fully saturated rings. The quantitative estimate of drug-likeness (QED) is 0.549. The number of carbonyl (C=O) groups is 1. The number of ether oxygens (including phenoxy) is 3. The second-order valence-corrected chi connectivity index (χ2v) is 5.23. The van der Waals surface area contributed by atoms with Crippen LogP contribution in [0.15, 0.2) is 24.3 Å². The zero-order valence-corrected chi connectivity index (χ0v) is 12.9. The number of carbonyl (C=O) groups excluding carboxylic acids is 1.